The van der Waals surface area contributed by atoms with Crippen LogP contribution in [0.25, 0.3) is 0 Å². The third-order valence-corrected chi connectivity index (χ3v) is 4.05. The van der Waals surface area contributed by atoms with Gasteiger partial charge in [0.15, 0.2) is 0 Å². The van der Waals surface area contributed by atoms with Gasteiger partial charge < -0.3 is 15.5 Å². The summed E-state index contributed by atoms with van der Waals surface area (Å²) in [4.78, 5) is 23.1. The van der Waals surface area contributed by atoms with E-state index in [9.17, 15) is 4.79 Å². The smallest absolute Gasteiger partial charge is 0.319 e. The molecule has 1 aromatic heterocycles. The monoisotopic (exact) mass is 325 g/mol. The van der Waals surface area contributed by atoms with E-state index in [0.29, 0.717) is 6.54 Å². The van der Waals surface area contributed by atoms with Gasteiger partial charge in [-0.15, -0.1) is 0 Å². The predicted octanol–water partition coefficient (Wildman–Crippen LogP) is 3.10. The fourth-order valence-electron chi connectivity index (χ4n) is 2.80. The molecule has 2 amide bonds. The van der Waals surface area contributed by atoms with Gasteiger partial charge in [0, 0.05) is 25.0 Å². The Balaban J connectivity index is 1.55. The highest BCUT2D eigenvalue weighted by atomic mass is 16.2. The summed E-state index contributed by atoms with van der Waals surface area (Å²) in [6, 6.07) is 9.30. The van der Waals surface area contributed by atoms with E-state index in [0.717, 1.165) is 36.0 Å². The zero-order chi connectivity index (χ0) is 16.8. The summed E-state index contributed by atoms with van der Waals surface area (Å²) < 4.78 is 0. The van der Waals surface area contributed by atoms with Crippen molar-refractivity contribution in [1.29, 1.82) is 0 Å². The fourth-order valence-corrected chi connectivity index (χ4v) is 2.80. The number of nitrogens with one attached hydrogen (secondary N) is 2. The molecule has 0 unspecified atom stereocenters. The molecule has 2 N–H and O–H groups in total. The normalized spacial score (nSPS) is 14.3. The van der Waals surface area contributed by atoms with Crippen molar-refractivity contribution in [3.05, 3.63) is 47.8 Å². The minimum atomic E-state index is -0.237. The van der Waals surface area contributed by atoms with Gasteiger partial charge in [-0.25, -0.2) is 14.8 Å². The second-order valence-electron chi connectivity index (χ2n) is 6.07. The Hall–Kier alpha value is -2.63. The summed E-state index contributed by atoms with van der Waals surface area (Å²) in [5.41, 5.74) is 2.70. The Morgan fingerprint density at radius 2 is 2.04 bits per heavy atom. The fraction of sp³-hybridized carbons (Fsp3) is 0.389. The molecule has 6 heteroatoms. The largest absolute Gasteiger partial charge is 0.341 e. The van der Waals surface area contributed by atoms with E-state index < -0.39 is 0 Å². The van der Waals surface area contributed by atoms with E-state index >= 15 is 0 Å². The molecule has 6 nitrogen and oxygen atoms in total. The van der Waals surface area contributed by atoms with Gasteiger partial charge in [0.2, 0.25) is 5.95 Å². The van der Waals surface area contributed by atoms with Crippen LogP contribution in [-0.4, -0.2) is 29.1 Å². The van der Waals surface area contributed by atoms with Crippen molar-refractivity contribution in [3.63, 3.8) is 0 Å². The van der Waals surface area contributed by atoms with Crippen LogP contribution >= 0.6 is 0 Å². The van der Waals surface area contributed by atoms with Crippen molar-refractivity contribution in [2.75, 3.05) is 23.3 Å². The quantitative estimate of drug-likeness (QED) is 0.906. The van der Waals surface area contributed by atoms with E-state index in [-0.39, 0.29) is 6.03 Å². The lowest BCUT2D eigenvalue weighted by molar-refractivity contribution is 0.251. The Labute approximate surface area is 142 Å². The number of piperidine rings is 1. The van der Waals surface area contributed by atoms with Crippen LogP contribution in [0, 0.1) is 6.92 Å². The molecular formula is C18H23N5O. The van der Waals surface area contributed by atoms with Crippen LogP contribution in [0.2, 0.25) is 0 Å². The standard InChI is InChI=1S/C18H23N5O/c1-14-6-5-7-15(12-14)22-18(24)20-13-16-8-9-19-17(21-16)23-10-3-2-4-11-23/h5-9,12H,2-4,10-11,13H2,1H3,(H2,20,22,24). The molecule has 1 fully saturated rings. The molecule has 0 spiro atoms. The lowest BCUT2D eigenvalue weighted by Gasteiger charge is -2.26. The number of urea groups is 1. The molecule has 24 heavy (non-hydrogen) atoms. The van der Waals surface area contributed by atoms with Gasteiger partial charge in [-0.2, -0.15) is 0 Å². The number of nitrogens with zero attached hydrogens (tertiary/aromatic N) is 3. The topological polar surface area (TPSA) is 70.2 Å². The molecule has 2 heterocycles. The second kappa shape index (κ2) is 7.77. The summed E-state index contributed by atoms with van der Waals surface area (Å²) in [6.07, 6.45) is 5.40. The molecule has 1 aliphatic rings. The van der Waals surface area contributed by atoms with Gasteiger partial charge >= 0.3 is 6.03 Å². The van der Waals surface area contributed by atoms with E-state index in [1.54, 1.807) is 6.20 Å². The van der Waals surface area contributed by atoms with E-state index in [1.807, 2.05) is 37.3 Å². The van der Waals surface area contributed by atoms with Gasteiger partial charge in [0.05, 0.1) is 12.2 Å². The number of amides is 2. The first-order chi connectivity index (χ1) is 11.7. The first-order valence-electron chi connectivity index (χ1n) is 8.39. The molecule has 0 saturated carbocycles. The molecule has 2 aromatic rings. The van der Waals surface area contributed by atoms with Crippen LogP contribution < -0.4 is 15.5 Å². The minimum absolute atomic E-state index is 0.237. The van der Waals surface area contributed by atoms with Crippen molar-refractivity contribution in [2.45, 2.75) is 32.7 Å². The highest BCUT2D eigenvalue weighted by molar-refractivity contribution is 5.89. The maximum Gasteiger partial charge on any atom is 0.319 e. The number of aryl methyl sites for hydroxylation is 1. The van der Waals surface area contributed by atoms with Crippen molar-refractivity contribution < 1.29 is 4.79 Å². The molecule has 0 bridgehead atoms. The van der Waals surface area contributed by atoms with Gasteiger partial charge in [-0.3, -0.25) is 0 Å². The molecular weight excluding hydrogens is 302 g/mol. The second-order valence-corrected chi connectivity index (χ2v) is 6.07. The van der Waals surface area contributed by atoms with Crippen LogP contribution in [0.5, 0.6) is 0 Å². The number of carbonyl (C=O) groups excluding carboxylic acids is 1. The summed E-state index contributed by atoms with van der Waals surface area (Å²) in [7, 11) is 0. The first kappa shape index (κ1) is 16.2. The van der Waals surface area contributed by atoms with Crippen LogP contribution in [0.4, 0.5) is 16.4 Å². The predicted molar refractivity (Wildman–Crippen MR) is 95.1 cm³/mol. The van der Waals surface area contributed by atoms with Gasteiger partial charge in [0.1, 0.15) is 0 Å². The van der Waals surface area contributed by atoms with Crippen molar-refractivity contribution >= 4 is 17.7 Å². The highest BCUT2D eigenvalue weighted by Gasteiger charge is 2.13. The molecule has 1 aliphatic heterocycles. The summed E-state index contributed by atoms with van der Waals surface area (Å²) >= 11 is 0. The molecule has 0 atom stereocenters. The van der Waals surface area contributed by atoms with Crippen molar-refractivity contribution in [3.8, 4) is 0 Å². The Morgan fingerprint density at radius 1 is 1.21 bits per heavy atom. The van der Waals surface area contributed by atoms with Crippen LogP contribution in [-0.2, 0) is 6.54 Å². The number of hydrogen-bond acceptors (Lipinski definition) is 4. The van der Waals surface area contributed by atoms with Gasteiger partial charge in [0.25, 0.3) is 0 Å². The molecule has 3 rings (SSSR count). The van der Waals surface area contributed by atoms with Crippen LogP contribution in [0.3, 0.4) is 0 Å². The zero-order valence-corrected chi connectivity index (χ0v) is 14.0. The average Bonchev–Trinajstić information content (AvgIpc) is 2.61. The Bertz CT molecular complexity index is 697. The summed E-state index contributed by atoms with van der Waals surface area (Å²) in [6.45, 7) is 4.38. The number of rotatable bonds is 4. The SMILES string of the molecule is Cc1cccc(NC(=O)NCc2ccnc(N3CCCCC3)n2)c1. The highest BCUT2D eigenvalue weighted by Crippen LogP contribution is 2.15. The maximum absolute atomic E-state index is 12.0. The molecule has 0 radical (unpaired) electrons. The van der Waals surface area contributed by atoms with Crippen LogP contribution in [0.15, 0.2) is 36.5 Å². The van der Waals surface area contributed by atoms with E-state index in [2.05, 4.69) is 25.5 Å². The van der Waals surface area contributed by atoms with Crippen molar-refractivity contribution in [1.82, 2.24) is 15.3 Å². The van der Waals surface area contributed by atoms with E-state index in [1.165, 1.54) is 19.3 Å². The van der Waals surface area contributed by atoms with Gasteiger partial charge in [-0.1, -0.05) is 12.1 Å². The Morgan fingerprint density at radius 3 is 2.83 bits per heavy atom. The number of aromatic nitrogens is 2. The number of hydrogen-bond donors (Lipinski definition) is 2. The van der Waals surface area contributed by atoms with Gasteiger partial charge in [-0.05, 0) is 49.9 Å². The number of anilines is 2. The third kappa shape index (κ3) is 4.44. The summed E-state index contributed by atoms with van der Waals surface area (Å²) in [5.74, 6) is 0.757. The minimum Gasteiger partial charge on any atom is -0.341 e. The van der Waals surface area contributed by atoms with E-state index in [4.69, 9.17) is 0 Å². The summed E-state index contributed by atoms with van der Waals surface area (Å²) in [5, 5.41) is 5.67. The molecule has 1 aromatic carbocycles. The lowest BCUT2D eigenvalue weighted by Crippen LogP contribution is -2.32. The first-order valence-corrected chi connectivity index (χ1v) is 8.39. The van der Waals surface area contributed by atoms with Crippen molar-refractivity contribution in [2.24, 2.45) is 0 Å². The lowest BCUT2D eigenvalue weighted by atomic mass is 10.1. The maximum atomic E-state index is 12.0. The number of carbonyl (C=O) groups is 1. The molecule has 0 aliphatic carbocycles. The zero-order valence-electron chi connectivity index (χ0n) is 14.0. The molecule has 1 saturated heterocycles. The number of benzene rings is 1. The third-order valence-electron chi connectivity index (χ3n) is 4.05. The average molecular weight is 325 g/mol. The van der Waals surface area contributed by atoms with Crippen LogP contribution in [0.1, 0.15) is 30.5 Å². The Kier molecular flexibility index (Phi) is 5.25. The molecule has 126 valence electrons.